The van der Waals surface area contributed by atoms with Crippen LogP contribution >= 0.6 is 0 Å². The molecule has 4 aromatic rings. The third kappa shape index (κ3) is 9.86. The summed E-state index contributed by atoms with van der Waals surface area (Å²) in [7, 11) is 0. The monoisotopic (exact) mass is 639 g/mol. The van der Waals surface area contributed by atoms with Crippen LogP contribution in [0.15, 0.2) is 89.7 Å². The number of amides is 1. The van der Waals surface area contributed by atoms with Gasteiger partial charge in [-0.1, -0.05) is 54.6 Å². The number of hydrogen-bond acceptors (Lipinski definition) is 9. The van der Waals surface area contributed by atoms with Gasteiger partial charge in [-0.3, -0.25) is 9.78 Å². The summed E-state index contributed by atoms with van der Waals surface area (Å²) < 4.78 is 27.7. The maximum absolute atomic E-state index is 12.3. The van der Waals surface area contributed by atoms with E-state index in [0.29, 0.717) is 58.5 Å². The number of nitrogens with zero attached hydrogens (tertiary/aromatic N) is 2. The number of phenols is 1. The molecule has 10 nitrogen and oxygen atoms in total. The summed E-state index contributed by atoms with van der Waals surface area (Å²) in [4.78, 5) is 16.7. The molecule has 246 valence electrons. The fourth-order valence-electron chi connectivity index (χ4n) is 5.14. The van der Waals surface area contributed by atoms with E-state index in [4.69, 9.17) is 23.5 Å². The largest absolute Gasteiger partial charge is 0.508 e. The number of ether oxygens (including phenoxy) is 4. The second kappa shape index (κ2) is 17.8. The van der Waals surface area contributed by atoms with Gasteiger partial charge in [0.1, 0.15) is 23.8 Å². The molecule has 0 atom stereocenters. The van der Waals surface area contributed by atoms with Gasteiger partial charge < -0.3 is 33.9 Å². The van der Waals surface area contributed by atoms with Gasteiger partial charge in [-0.25, -0.2) is 0 Å². The molecule has 0 spiro atoms. The number of pyridine rings is 1. The first-order valence-electron chi connectivity index (χ1n) is 16.0. The first kappa shape index (κ1) is 33.6. The maximum atomic E-state index is 12.3. The van der Waals surface area contributed by atoms with Crippen LogP contribution in [0.4, 0.5) is 0 Å². The highest BCUT2D eigenvalue weighted by molar-refractivity contribution is 5.92. The van der Waals surface area contributed by atoms with E-state index < -0.39 is 0 Å². The fourth-order valence-corrected chi connectivity index (χ4v) is 5.14. The summed E-state index contributed by atoms with van der Waals surface area (Å²) in [6, 6.07) is 16.8. The minimum Gasteiger partial charge on any atom is -0.508 e. The fraction of sp³-hybridized carbons (Fsp3) is 0.324. The third-order valence-corrected chi connectivity index (χ3v) is 7.55. The quantitative estimate of drug-likeness (QED) is 0.121. The zero-order valence-electron chi connectivity index (χ0n) is 26.7. The second-order valence-corrected chi connectivity index (χ2v) is 10.8. The molecule has 0 unspecified atom stereocenters. The Labute approximate surface area is 275 Å². The van der Waals surface area contributed by atoms with E-state index >= 15 is 0 Å². The van der Waals surface area contributed by atoms with Crippen molar-refractivity contribution in [3.8, 4) is 33.8 Å². The summed E-state index contributed by atoms with van der Waals surface area (Å²) in [5.74, 6) is 0.869. The highest BCUT2D eigenvalue weighted by atomic mass is 16.6. The third-order valence-electron chi connectivity index (χ3n) is 7.55. The van der Waals surface area contributed by atoms with Crippen molar-refractivity contribution in [2.75, 3.05) is 52.8 Å². The van der Waals surface area contributed by atoms with Gasteiger partial charge in [-0.05, 0) is 65.8 Å². The molecule has 0 saturated heterocycles. The van der Waals surface area contributed by atoms with E-state index in [9.17, 15) is 9.90 Å². The van der Waals surface area contributed by atoms with Crippen LogP contribution in [0.5, 0.6) is 11.5 Å². The van der Waals surface area contributed by atoms with Crippen molar-refractivity contribution in [1.82, 2.24) is 15.5 Å². The normalized spacial score (nSPS) is 12.6. The number of carbonyl (C=O) groups excluding carboxylic acids is 1. The highest BCUT2D eigenvalue weighted by Crippen LogP contribution is 2.33. The predicted octanol–water partition coefficient (Wildman–Crippen LogP) is 6.26. The number of phenolic OH excluding ortho intramolecular Hbond substituents is 1. The zero-order chi connectivity index (χ0) is 32.7. The van der Waals surface area contributed by atoms with Crippen LogP contribution < -0.4 is 10.1 Å². The number of hydrogen-bond donors (Lipinski definition) is 2. The highest BCUT2D eigenvalue weighted by Gasteiger charge is 2.15. The average molecular weight is 640 g/mol. The minimum absolute atomic E-state index is 0.180. The summed E-state index contributed by atoms with van der Waals surface area (Å²) in [6.45, 7) is 5.47. The van der Waals surface area contributed by atoms with E-state index in [1.54, 1.807) is 18.2 Å². The van der Waals surface area contributed by atoms with Crippen LogP contribution in [-0.4, -0.2) is 73.9 Å². The number of carbonyl (C=O) groups is 1. The Balaban J connectivity index is 0.902. The second-order valence-electron chi connectivity index (χ2n) is 10.8. The Morgan fingerprint density at radius 1 is 0.851 bits per heavy atom. The molecule has 0 bridgehead atoms. The van der Waals surface area contributed by atoms with Gasteiger partial charge in [0, 0.05) is 36.1 Å². The molecule has 0 radical (unpaired) electrons. The number of allylic oxidation sites excluding steroid dienone is 4. The van der Waals surface area contributed by atoms with Crippen LogP contribution in [0.2, 0.25) is 0 Å². The summed E-state index contributed by atoms with van der Waals surface area (Å²) in [5, 5.41) is 16.4. The lowest BCUT2D eigenvalue weighted by Gasteiger charge is -2.14. The van der Waals surface area contributed by atoms with Crippen molar-refractivity contribution >= 4 is 11.5 Å². The van der Waals surface area contributed by atoms with Gasteiger partial charge in [-0.15, -0.1) is 0 Å². The molecule has 5 rings (SSSR count). The van der Waals surface area contributed by atoms with E-state index in [1.807, 2.05) is 54.9 Å². The molecule has 2 aromatic carbocycles. The molecular formula is C37H41N3O7. The van der Waals surface area contributed by atoms with Crippen molar-refractivity contribution < 1.29 is 33.4 Å². The minimum atomic E-state index is -0.321. The smallest absolute Gasteiger partial charge is 0.289 e. The molecule has 2 N–H and O–H groups in total. The van der Waals surface area contributed by atoms with Gasteiger partial charge in [0.2, 0.25) is 5.76 Å². The number of benzene rings is 2. The molecule has 1 amide bonds. The summed E-state index contributed by atoms with van der Waals surface area (Å²) in [5.41, 5.74) is 7.06. The zero-order valence-corrected chi connectivity index (χ0v) is 26.7. The SMILES string of the molecule is CCc1c(-c2ccc(O)cc2)cncc1-c1ccc(OCCOCCOCCOCCNC(=O)c2cc(C3=CCCC=C3)no2)cc1. The van der Waals surface area contributed by atoms with E-state index in [0.717, 1.165) is 52.8 Å². The van der Waals surface area contributed by atoms with Crippen molar-refractivity contribution in [3.05, 3.63) is 102 Å². The van der Waals surface area contributed by atoms with Crippen molar-refractivity contribution in [2.24, 2.45) is 0 Å². The Hall–Kier alpha value is -4.77. The van der Waals surface area contributed by atoms with Crippen molar-refractivity contribution in [2.45, 2.75) is 26.2 Å². The van der Waals surface area contributed by atoms with Gasteiger partial charge >= 0.3 is 0 Å². The van der Waals surface area contributed by atoms with Gasteiger partial charge in [0.05, 0.1) is 39.6 Å². The molecule has 10 heteroatoms. The molecular weight excluding hydrogens is 598 g/mol. The van der Waals surface area contributed by atoms with Crippen LogP contribution in [0, 0.1) is 0 Å². The van der Waals surface area contributed by atoms with Crippen molar-refractivity contribution in [3.63, 3.8) is 0 Å². The lowest BCUT2D eigenvalue weighted by molar-refractivity contribution is 0.00985. The molecule has 1 aliphatic carbocycles. The predicted molar refractivity (Wildman–Crippen MR) is 179 cm³/mol. The summed E-state index contributed by atoms with van der Waals surface area (Å²) >= 11 is 0. The lowest BCUT2D eigenvalue weighted by atomic mass is 9.93. The topological polar surface area (TPSA) is 125 Å². The van der Waals surface area contributed by atoms with E-state index in [-0.39, 0.29) is 17.4 Å². The summed E-state index contributed by atoms with van der Waals surface area (Å²) in [6.07, 6.45) is 12.7. The standard InChI is InChI=1S/C37H41N3O7/c1-2-32-33(27-8-12-30(41)13-9-27)25-38-26-34(32)28-10-14-31(15-11-28)46-23-22-45-21-20-44-19-18-43-17-16-39-37(42)36-24-35(40-47-36)29-6-4-3-5-7-29/h4,6-15,24-26,41H,2-3,5,16-23H2,1H3,(H,39,42). The van der Waals surface area contributed by atoms with Crippen LogP contribution in [0.3, 0.4) is 0 Å². The Morgan fingerprint density at radius 2 is 1.49 bits per heavy atom. The van der Waals surface area contributed by atoms with E-state index in [1.165, 1.54) is 5.56 Å². The number of aromatic nitrogens is 2. The van der Waals surface area contributed by atoms with Gasteiger partial charge in [0.15, 0.2) is 0 Å². The number of aromatic hydroxyl groups is 1. The van der Waals surface area contributed by atoms with E-state index in [2.05, 4.69) is 34.5 Å². The molecule has 0 aliphatic heterocycles. The molecule has 47 heavy (non-hydrogen) atoms. The number of rotatable bonds is 18. The van der Waals surface area contributed by atoms with Crippen LogP contribution in [0.25, 0.3) is 27.8 Å². The first-order valence-corrected chi connectivity index (χ1v) is 16.0. The van der Waals surface area contributed by atoms with Crippen LogP contribution in [0.1, 0.15) is 41.6 Å². The Kier molecular flexibility index (Phi) is 12.7. The first-order chi connectivity index (χ1) is 23.1. The molecule has 2 aromatic heterocycles. The molecule has 1 aliphatic rings. The molecule has 0 fully saturated rings. The number of nitrogens with one attached hydrogen (secondary N) is 1. The Morgan fingerprint density at radius 3 is 2.13 bits per heavy atom. The molecule has 0 saturated carbocycles. The molecule has 2 heterocycles. The van der Waals surface area contributed by atoms with Crippen molar-refractivity contribution in [1.29, 1.82) is 0 Å². The van der Waals surface area contributed by atoms with Gasteiger partial charge in [-0.2, -0.15) is 0 Å². The maximum Gasteiger partial charge on any atom is 0.289 e. The van der Waals surface area contributed by atoms with Crippen LogP contribution in [-0.2, 0) is 20.6 Å². The Bertz CT molecular complexity index is 1630. The lowest BCUT2D eigenvalue weighted by Crippen LogP contribution is -2.27. The average Bonchev–Trinajstić information content (AvgIpc) is 3.62. The van der Waals surface area contributed by atoms with Gasteiger partial charge in [0.25, 0.3) is 5.91 Å².